The van der Waals surface area contributed by atoms with Crippen molar-refractivity contribution < 1.29 is 4.79 Å². The van der Waals surface area contributed by atoms with Crippen LogP contribution in [0.25, 0.3) is 5.69 Å². The van der Waals surface area contributed by atoms with Crippen LogP contribution in [0, 0.1) is 0 Å². The number of tetrazole rings is 1. The van der Waals surface area contributed by atoms with Crippen LogP contribution in [0.15, 0.2) is 60.7 Å². The number of amides is 1. The number of hydrogen-bond acceptors (Lipinski definition) is 4. The zero-order valence-electron chi connectivity index (χ0n) is 12.0. The van der Waals surface area contributed by atoms with Gasteiger partial charge < -0.3 is 5.32 Å². The molecule has 0 spiro atoms. The zero-order chi connectivity index (χ0) is 15.4. The zero-order valence-corrected chi connectivity index (χ0v) is 12.0. The van der Waals surface area contributed by atoms with Crippen LogP contribution in [-0.4, -0.2) is 26.1 Å². The maximum absolute atomic E-state index is 12.2. The first-order valence-electron chi connectivity index (χ1n) is 6.95. The molecule has 0 aliphatic carbocycles. The minimum atomic E-state index is -0.349. The summed E-state index contributed by atoms with van der Waals surface area (Å²) in [5.74, 6) is -0.301. The Morgan fingerprint density at radius 2 is 1.68 bits per heavy atom. The maximum atomic E-state index is 12.2. The Morgan fingerprint density at radius 1 is 1.05 bits per heavy atom. The predicted octanol–water partition coefficient (Wildman–Crippen LogP) is 2.15. The van der Waals surface area contributed by atoms with E-state index in [9.17, 15) is 4.79 Å². The fourth-order valence-electron chi connectivity index (χ4n) is 2.06. The lowest BCUT2D eigenvalue weighted by Gasteiger charge is -2.12. The summed E-state index contributed by atoms with van der Waals surface area (Å²) in [6.07, 6.45) is 0. The van der Waals surface area contributed by atoms with Crippen molar-refractivity contribution in [3.8, 4) is 5.69 Å². The monoisotopic (exact) mass is 293 g/mol. The molecule has 1 aromatic heterocycles. The molecule has 1 heterocycles. The number of nitrogens with one attached hydrogen (secondary N) is 1. The van der Waals surface area contributed by atoms with Gasteiger partial charge in [0.25, 0.3) is 11.7 Å². The molecule has 2 aromatic carbocycles. The van der Waals surface area contributed by atoms with Gasteiger partial charge in [0.1, 0.15) is 0 Å². The number of hydrogen-bond donors (Lipinski definition) is 1. The van der Waals surface area contributed by atoms with Gasteiger partial charge in [-0.15, -0.1) is 15.0 Å². The topological polar surface area (TPSA) is 72.7 Å². The smallest absolute Gasteiger partial charge is 0.293 e. The Kier molecular flexibility index (Phi) is 3.91. The Balaban J connectivity index is 1.72. The lowest BCUT2D eigenvalue weighted by Crippen LogP contribution is -2.27. The van der Waals surface area contributed by atoms with Crippen molar-refractivity contribution in [3.05, 3.63) is 72.1 Å². The van der Waals surface area contributed by atoms with Crippen LogP contribution in [0.1, 0.15) is 29.1 Å². The van der Waals surface area contributed by atoms with E-state index >= 15 is 0 Å². The Morgan fingerprint density at radius 3 is 2.36 bits per heavy atom. The quantitative estimate of drug-likeness (QED) is 0.800. The molecular weight excluding hydrogens is 278 g/mol. The van der Waals surface area contributed by atoms with E-state index in [0.29, 0.717) is 0 Å². The molecule has 0 saturated heterocycles. The van der Waals surface area contributed by atoms with Crippen LogP contribution in [0.5, 0.6) is 0 Å². The molecule has 0 bridgehead atoms. The molecule has 1 N–H and O–H groups in total. The fourth-order valence-corrected chi connectivity index (χ4v) is 2.06. The van der Waals surface area contributed by atoms with Crippen molar-refractivity contribution in [2.24, 2.45) is 0 Å². The van der Waals surface area contributed by atoms with Gasteiger partial charge in [-0.1, -0.05) is 48.5 Å². The van der Waals surface area contributed by atoms with E-state index in [1.807, 2.05) is 67.6 Å². The molecule has 0 saturated carbocycles. The maximum Gasteiger partial charge on any atom is 0.293 e. The number of benzene rings is 2. The Labute approximate surface area is 127 Å². The lowest BCUT2D eigenvalue weighted by atomic mass is 10.1. The first-order chi connectivity index (χ1) is 10.7. The van der Waals surface area contributed by atoms with Gasteiger partial charge in [-0.25, -0.2) is 0 Å². The molecule has 0 aliphatic rings. The van der Waals surface area contributed by atoms with Crippen LogP contribution < -0.4 is 5.32 Å². The summed E-state index contributed by atoms with van der Waals surface area (Å²) in [5, 5.41) is 14.7. The number of para-hydroxylation sites is 1. The average Bonchev–Trinajstić information content (AvgIpc) is 3.06. The summed E-state index contributed by atoms with van der Waals surface area (Å²) >= 11 is 0. The number of rotatable bonds is 4. The number of carbonyl (C=O) groups excluding carboxylic acids is 1. The van der Waals surface area contributed by atoms with E-state index in [1.54, 1.807) is 0 Å². The third-order valence-corrected chi connectivity index (χ3v) is 3.25. The van der Waals surface area contributed by atoms with Gasteiger partial charge in [0.15, 0.2) is 0 Å². The SMILES string of the molecule is C[C@H](NC(=O)c1nnn(-c2ccccc2)n1)c1ccccc1. The van der Waals surface area contributed by atoms with Crippen molar-refractivity contribution >= 4 is 5.91 Å². The number of aromatic nitrogens is 4. The second-order valence-electron chi connectivity index (χ2n) is 4.84. The Hall–Kier alpha value is -3.02. The van der Waals surface area contributed by atoms with E-state index in [4.69, 9.17) is 0 Å². The highest BCUT2D eigenvalue weighted by atomic mass is 16.2. The van der Waals surface area contributed by atoms with Gasteiger partial charge >= 0.3 is 0 Å². The largest absolute Gasteiger partial charge is 0.343 e. The van der Waals surface area contributed by atoms with Gasteiger partial charge in [0.2, 0.25) is 0 Å². The molecule has 6 nitrogen and oxygen atoms in total. The van der Waals surface area contributed by atoms with Gasteiger partial charge in [-0.3, -0.25) is 4.79 Å². The first kappa shape index (κ1) is 13.9. The van der Waals surface area contributed by atoms with Crippen LogP contribution in [0.3, 0.4) is 0 Å². The average molecular weight is 293 g/mol. The van der Waals surface area contributed by atoms with Gasteiger partial charge in [0.05, 0.1) is 11.7 Å². The molecule has 0 radical (unpaired) electrons. The summed E-state index contributed by atoms with van der Waals surface area (Å²) in [4.78, 5) is 13.5. The summed E-state index contributed by atoms with van der Waals surface area (Å²) < 4.78 is 0. The predicted molar refractivity (Wildman–Crippen MR) is 81.5 cm³/mol. The second-order valence-corrected chi connectivity index (χ2v) is 4.84. The molecule has 6 heteroatoms. The van der Waals surface area contributed by atoms with Crippen molar-refractivity contribution in [2.45, 2.75) is 13.0 Å². The standard InChI is InChI=1S/C16H15N5O/c1-12(13-8-4-2-5-9-13)17-16(22)15-18-20-21(19-15)14-10-6-3-7-11-14/h2-12H,1H3,(H,17,22)/t12-/m0/s1. The van der Waals surface area contributed by atoms with Gasteiger partial charge in [0, 0.05) is 0 Å². The van der Waals surface area contributed by atoms with E-state index < -0.39 is 0 Å². The van der Waals surface area contributed by atoms with E-state index in [1.165, 1.54) is 4.80 Å². The molecule has 1 atom stereocenters. The molecule has 1 amide bonds. The van der Waals surface area contributed by atoms with Crippen molar-refractivity contribution in [3.63, 3.8) is 0 Å². The van der Waals surface area contributed by atoms with Gasteiger partial charge in [-0.05, 0) is 29.8 Å². The third kappa shape index (κ3) is 3.01. The van der Waals surface area contributed by atoms with Crippen LogP contribution in [-0.2, 0) is 0 Å². The first-order valence-corrected chi connectivity index (χ1v) is 6.95. The molecule has 0 aliphatic heterocycles. The normalized spacial score (nSPS) is 11.9. The molecular formula is C16H15N5O. The molecule has 22 heavy (non-hydrogen) atoms. The molecule has 3 rings (SSSR count). The molecule has 0 fully saturated rings. The summed E-state index contributed by atoms with van der Waals surface area (Å²) in [5.41, 5.74) is 1.77. The summed E-state index contributed by atoms with van der Waals surface area (Å²) in [6, 6.07) is 18.9. The van der Waals surface area contributed by atoms with Crippen LogP contribution in [0.2, 0.25) is 0 Å². The highest BCUT2D eigenvalue weighted by Gasteiger charge is 2.16. The summed E-state index contributed by atoms with van der Waals surface area (Å²) in [7, 11) is 0. The minimum absolute atomic E-state index is 0.0478. The van der Waals surface area contributed by atoms with Crippen LogP contribution >= 0.6 is 0 Å². The summed E-state index contributed by atoms with van der Waals surface area (Å²) in [6.45, 7) is 1.91. The van der Waals surface area contributed by atoms with Crippen LogP contribution in [0.4, 0.5) is 0 Å². The number of carbonyl (C=O) groups is 1. The van der Waals surface area contributed by atoms with Crippen molar-refractivity contribution in [1.29, 1.82) is 0 Å². The van der Waals surface area contributed by atoms with Crippen molar-refractivity contribution in [1.82, 2.24) is 25.5 Å². The third-order valence-electron chi connectivity index (χ3n) is 3.25. The molecule has 3 aromatic rings. The van der Waals surface area contributed by atoms with Crippen molar-refractivity contribution in [2.75, 3.05) is 0 Å². The van der Waals surface area contributed by atoms with E-state index in [0.717, 1.165) is 11.3 Å². The van der Waals surface area contributed by atoms with Gasteiger partial charge in [-0.2, -0.15) is 0 Å². The van der Waals surface area contributed by atoms with E-state index in [-0.39, 0.29) is 17.8 Å². The molecule has 0 unspecified atom stereocenters. The molecule has 110 valence electrons. The van der Waals surface area contributed by atoms with E-state index in [2.05, 4.69) is 20.7 Å². The Bertz CT molecular complexity index is 754. The minimum Gasteiger partial charge on any atom is -0.343 e. The fraction of sp³-hybridized carbons (Fsp3) is 0.125. The second kappa shape index (κ2) is 6.17. The lowest BCUT2D eigenvalue weighted by molar-refractivity contribution is 0.0929. The number of nitrogens with zero attached hydrogens (tertiary/aromatic N) is 4. The highest BCUT2D eigenvalue weighted by Crippen LogP contribution is 2.11. The highest BCUT2D eigenvalue weighted by molar-refractivity contribution is 5.90.